The topological polar surface area (TPSA) is 36.4 Å². The van der Waals surface area contributed by atoms with E-state index in [9.17, 15) is 13.2 Å². The Morgan fingerprint density at radius 2 is 1.71 bits per heavy atom. The van der Waals surface area contributed by atoms with Crippen molar-refractivity contribution in [2.75, 3.05) is 13.6 Å². The van der Waals surface area contributed by atoms with Crippen LogP contribution in [0.5, 0.6) is 0 Å². The van der Waals surface area contributed by atoms with E-state index in [2.05, 4.69) is 15.6 Å². The van der Waals surface area contributed by atoms with Gasteiger partial charge in [-0.15, -0.1) is 24.0 Å². The maximum absolute atomic E-state index is 13.5. The second kappa shape index (κ2) is 10.2. The van der Waals surface area contributed by atoms with Crippen molar-refractivity contribution in [3.63, 3.8) is 0 Å². The monoisotopic (exact) mass is 449 g/mol. The van der Waals surface area contributed by atoms with Gasteiger partial charge in [-0.1, -0.05) is 24.3 Å². The Morgan fingerprint density at radius 1 is 0.958 bits per heavy atom. The second-order valence-electron chi connectivity index (χ2n) is 4.93. The molecule has 0 spiro atoms. The van der Waals surface area contributed by atoms with Gasteiger partial charge in [0.15, 0.2) is 5.96 Å². The second-order valence-corrected chi connectivity index (χ2v) is 4.93. The average molecular weight is 449 g/mol. The minimum atomic E-state index is -0.596. The summed E-state index contributed by atoms with van der Waals surface area (Å²) in [4.78, 5) is 4.02. The number of benzene rings is 2. The van der Waals surface area contributed by atoms with E-state index >= 15 is 0 Å². The lowest BCUT2D eigenvalue weighted by molar-refractivity contribution is 0.570. The zero-order chi connectivity index (χ0) is 16.7. The summed E-state index contributed by atoms with van der Waals surface area (Å²) in [6.07, 6.45) is 0.381. The summed E-state index contributed by atoms with van der Waals surface area (Å²) >= 11 is 0. The van der Waals surface area contributed by atoms with Gasteiger partial charge in [0.1, 0.15) is 17.5 Å². The van der Waals surface area contributed by atoms with Gasteiger partial charge in [-0.3, -0.25) is 4.99 Å². The Hall–Kier alpha value is -1.77. The molecule has 7 heteroatoms. The number of nitrogens with zero attached hydrogens (tertiary/aromatic N) is 1. The third kappa shape index (κ3) is 6.03. The summed E-state index contributed by atoms with van der Waals surface area (Å²) in [6.45, 7) is 0.705. The summed E-state index contributed by atoms with van der Waals surface area (Å²) in [6, 6.07) is 9.97. The standard InChI is InChI=1S/C17H18F3N3.HI/c1-21-17(23-11-13-4-2-3-5-15(13)19)22-9-8-12-6-7-14(18)10-16(12)20;/h2-7,10H,8-9,11H2,1H3,(H2,21,22,23);1H. The molecule has 2 N–H and O–H groups in total. The lowest BCUT2D eigenvalue weighted by atomic mass is 10.1. The van der Waals surface area contributed by atoms with Crippen LogP contribution in [0.4, 0.5) is 13.2 Å². The molecule has 0 atom stereocenters. The zero-order valence-electron chi connectivity index (χ0n) is 13.2. The van der Waals surface area contributed by atoms with Crippen LogP contribution in [0.15, 0.2) is 47.5 Å². The SMILES string of the molecule is CN=C(NCCc1ccc(F)cc1F)NCc1ccccc1F.I. The summed E-state index contributed by atoms with van der Waals surface area (Å²) in [5, 5.41) is 5.99. The van der Waals surface area contributed by atoms with Crippen LogP contribution in [0, 0.1) is 17.5 Å². The third-order valence-corrected chi connectivity index (χ3v) is 3.33. The summed E-state index contributed by atoms with van der Waals surface area (Å²) < 4.78 is 39.9. The van der Waals surface area contributed by atoms with Crippen LogP contribution in [-0.2, 0) is 13.0 Å². The molecular formula is C17H19F3IN3. The number of hydrogen-bond acceptors (Lipinski definition) is 1. The van der Waals surface area contributed by atoms with Crippen molar-refractivity contribution in [3.8, 4) is 0 Å². The maximum Gasteiger partial charge on any atom is 0.191 e. The molecule has 0 aliphatic carbocycles. The minimum Gasteiger partial charge on any atom is -0.356 e. The first-order chi connectivity index (χ1) is 11.1. The third-order valence-electron chi connectivity index (χ3n) is 3.33. The van der Waals surface area contributed by atoms with Crippen LogP contribution >= 0.6 is 24.0 Å². The van der Waals surface area contributed by atoms with E-state index in [1.54, 1.807) is 25.2 Å². The number of halogens is 4. The molecule has 0 heterocycles. The molecule has 130 valence electrons. The van der Waals surface area contributed by atoms with E-state index in [0.29, 0.717) is 30.1 Å². The maximum atomic E-state index is 13.5. The summed E-state index contributed by atoms with van der Waals surface area (Å²) in [7, 11) is 1.59. The first kappa shape index (κ1) is 20.3. The number of rotatable bonds is 5. The van der Waals surface area contributed by atoms with E-state index < -0.39 is 11.6 Å². The lowest BCUT2D eigenvalue weighted by Gasteiger charge is -2.12. The number of aliphatic imine (C=N–C) groups is 1. The summed E-state index contributed by atoms with van der Waals surface area (Å²) in [5.41, 5.74) is 0.948. The molecular weight excluding hydrogens is 430 g/mol. The zero-order valence-corrected chi connectivity index (χ0v) is 15.5. The Balaban J connectivity index is 0.00000288. The van der Waals surface area contributed by atoms with Gasteiger partial charge < -0.3 is 10.6 Å². The van der Waals surface area contributed by atoms with Crippen molar-refractivity contribution >= 4 is 29.9 Å². The Labute approximate surface area is 156 Å². The van der Waals surface area contributed by atoms with Crippen molar-refractivity contribution in [1.82, 2.24) is 10.6 Å². The first-order valence-electron chi connectivity index (χ1n) is 7.22. The molecule has 0 aliphatic heterocycles. The van der Waals surface area contributed by atoms with Crippen LogP contribution in [-0.4, -0.2) is 19.6 Å². The van der Waals surface area contributed by atoms with E-state index in [-0.39, 0.29) is 36.3 Å². The Bertz CT molecular complexity index is 693. The Morgan fingerprint density at radius 3 is 2.38 bits per heavy atom. The molecule has 0 amide bonds. The quantitative estimate of drug-likeness (QED) is 0.416. The molecule has 2 rings (SSSR count). The highest BCUT2D eigenvalue weighted by molar-refractivity contribution is 14.0. The van der Waals surface area contributed by atoms with Crippen LogP contribution in [0.2, 0.25) is 0 Å². The molecule has 0 unspecified atom stereocenters. The van der Waals surface area contributed by atoms with Gasteiger partial charge in [-0.05, 0) is 24.1 Å². The van der Waals surface area contributed by atoms with Crippen LogP contribution < -0.4 is 10.6 Å². The van der Waals surface area contributed by atoms with E-state index in [0.717, 1.165) is 6.07 Å². The molecule has 0 fully saturated rings. The highest BCUT2D eigenvalue weighted by Gasteiger charge is 2.05. The molecule has 0 aliphatic rings. The van der Waals surface area contributed by atoms with Gasteiger partial charge in [0.25, 0.3) is 0 Å². The highest BCUT2D eigenvalue weighted by atomic mass is 127. The minimum absolute atomic E-state index is 0. The fraction of sp³-hybridized carbons (Fsp3) is 0.235. The largest absolute Gasteiger partial charge is 0.356 e. The molecule has 2 aromatic rings. The normalized spacial score (nSPS) is 10.9. The van der Waals surface area contributed by atoms with E-state index in [1.807, 2.05) is 0 Å². The molecule has 24 heavy (non-hydrogen) atoms. The fourth-order valence-corrected chi connectivity index (χ4v) is 2.08. The van der Waals surface area contributed by atoms with Crippen molar-refractivity contribution in [3.05, 3.63) is 71.0 Å². The van der Waals surface area contributed by atoms with Gasteiger partial charge in [-0.25, -0.2) is 13.2 Å². The van der Waals surface area contributed by atoms with Crippen molar-refractivity contribution in [2.24, 2.45) is 4.99 Å². The summed E-state index contributed by atoms with van der Waals surface area (Å²) in [5.74, 6) is -0.970. The number of nitrogens with one attached hydrogen (secondary N) is 2. The smallest absolute Gasteiger partial charge is 0.191 e. The first-order valence-corrected chi connectivity index (χ1v) is 7.22. The van der Waals surface area contributed by atoms with Gasteiger partial charge >= 0.3 is 0 Å². The molecule has 0 radical (unpaired) electrons. The Kier molecular flexibility index (Phi) is 8.59. The van der Waals surface area contributed by atoms with Gasteiger partial charge in [0.2, 0.25) is 0 Å². The van der Waals surface area contributed by atoms with E-state index in [4.69, 9.17) is 0 Å². The van der Waals surface area contributed by atoms with E-state index in [1.165, 1.54) is 18.2 Å². The van der Waals surface area contributed by atoms with Crippen LogP contribution in [0.1, 0.15) is 11.1 Å². The van der Waals surface area contributed by atoms with Crippen LogP contribution in [0.3, 0.4) is 0 Å². The molecule has 0 aromatic heterocycles. The predicted octanol–water partition coefficient (Wildman–Crippen LogP) is 3.63. The molecule has 0 saturated carbocycles. The number of hydrogen-bond donors (Lipinski definition) is 2. The predicted molar refractivity (Wildman–Crippen MR) is 100 cm³/mol. The fourth-order valence-electron chi connectivity index (χ4n) is 2.08. The van der Waals surface area contributed by atoms with Gasteiger partial charge in [0, 0.05) is 31.8 Å². The van der Waals surface area contributed by atoms with Crippen molar-refractivity contribution in [2.45, 2.75) is 13.0 Å². The lowest BCUT2D eigenvalue weighted by Crippen LogP contribution is -2.38. The number of guanidine groups is 1. The molecule has 2 aromatic carbocycles. The van der Waals surface area contributed by atoms with Crippen LogP contribution in [0.25, 0.3) is 0 Å². The van der Waals surface area contributed by atoms with Gasteiger partial charge in [0.05, 0.1) is 0 Å². The molecule has 3 nitrogen and oxygen atoms in total. The molecule has 0 saturated heterocycles. The average Bonchev–Trinajstić information content (AvgIpc) is 2.54. The van der Waals surface area contributed by atoms with Crippen molar-refractivity contribution < 1.29 is 13.2 Å². The molecule has 0 bridgehead atoms. The van der Waals surface area contributed by atoms with Gasteiger partial charge in [-0.2, -0.15) is 0 Å². The van der Waals surface area contributed by atoms with Crippen molar-refractivity contribution in [1.29, 1.82) is 0 Å². The highest BCUT2D eigenvalue weighted by Crippen LogP contribution is 2.09.